The van der Waals surface area contributed by atoms with Crippen molar-refractivity contribution in [2.75, 3.05) is 0 Å². The zero-order chi connectivity index (χ0) is 20.7. The number of hydrogen-bond donors (Lipinski definition) is 3. The molecule has 6 rings (SSSR count). The lowest BCUT2D eigenvalue weighted by molar-refractivity contribution is -0.124. The Labute approximate surface area is 176 Å². The van der Waals surface area contributed by atoms with Gasteiger partial charge in [-0.05, 0) is 96.2 Å². The minimum absolute atomic E-state index is 0.288. The predicted molar refractivity (Wildman–Crippen MR) is 117 cm³/mol. The average Bonchev–Trinajstić information content (AvgIpc) is 2.75. The van der Waals surface area contributed by atoms with Gasteiger partial charge in [0.25, 0.3) is 5.91 Å². The molecular weight excluding hydrogens is 374 g/mol. The molecule has 0 unspecified atom stereocenters. The van der Waals surface area contributed by atoms with E-state index in [1.165, 1.54) is 54.9 Å². The molecule has 4 aliphatic rings. The Morgan fingerprint density at radius 2 is 1.37 bits per heavy atom. The Kier molecular flexibility index (Phi) is 4.95. The predicted octanol–water partition coefficient (Wildman–Crippen LogP) is 5.17. The summed E-state index contributed by atoms with van der Waals surface area (Å²) in [6.07, 6.45) is 9.71. The van der Waals surface area contributed by atoms with Crippen LogP contribution < -0.4 is 5.48 Å². The van der Waals surface area contributed by atoms with E-state index in [1.54, 1.807) is 29.3 Å². The summed E-state index contributed by atoms with van der Waals surface area (Å²) in [6.45, 7) is 0. The quantitative estimate of drug-likeness (QED) is 0.376. The SMILES string of the molecule is O=C(/C=C/c1ccc(C(=C2C3CC4CC(C3)CC2C4)c2ccc(O)cc2)cc1)NO. The summed E-state index contributed by atoms with van der Waals surface area (Å²) in [5, 5.41) is 18.5. The summed E-state index contributed by atoms with van der Waals surface area (Å²) in [7, 11) is 0. The lowest BCUT2D eigenvalue weighted by Gasteiger charge is -2.52. The molecule has 4 aliphatic carbocycles. The number of phenolic OH excluding ortho intramolecular Hbond substituents is 1. The van der Waals surface area contributed by atoms with Crippen LogP contribution in [0.25, 0.3) is 11.6 Å². The highest BCUT2D eigenvalue weighted by Gasteiger charge is 2.46. The Hall–Kier alpha value is -2.85. The van der Waals surface area contributed by atoms with Crippen LogP contribution >= 0.6 is 0 Å². The van der Waals surface area contributed by atoms with Crippen molar-refractivity contribution >= 4 is 17.6 Å². The second-order valence-corrected chi connectivity index (χ2v) is 9.11. The molecule has 2 aromatic rings. The Morgan fingerprint density at radius 3 is 1.90 bits per heavy atom. The first-order valence-corrected chi connectivity index (χ1v) is 10.9. The molecule has 2 aromatic carbocycles. The number of carbonyl (C=O) groups is 1. The third kappa shape index (κ3) is 3.56. The maximum Gasteiger partial charge on any atom is 0.267 e. The van der Waals surface area contributed by atoms with E-state index in [0.29, 0.717) is 11.8 Å². The van der Waals surface area contributed by atoms with E-state index < -0.39 is 5.91 Å². The second-order valence-electron chi connectivity index (χ2n) is 9.11. The van der Waals surface area contributed by atoms with Crippen LogP contribution in [0.4, 0.5) is 0 Å². The summed E-state index contributed by atoms with van der Waals surface area (Å²) in [4.78, 5) is 11.2. The molecule has 0 atom stereocenters. The first-order valence-electron chi connectivity index (χ1n) is 10.9. The lowest BCUT2D eigenvalue weighted by atomic mass is 9.53. The van der Waals surface area contributed by atoms with Crippen molar-refractivity contribution in [3.8, 4) is 5.75 Å². The molecule has 4 nitrogen and oxygen atoms in total. The fourth-order valence-electron chi connectivity index (χ4n) is 6.20. The number of carbonyl (C=O) groups excluding carboxylic acids is 1. The van der Waals surface area contributed by atoms with Gasteiger partial charge in [-0.1, -0.05) is 42.0 Å². The van der Waals surface area contributed by atoms with Crippen LogP contribution in [-0.4, -0.2) is 16.2 Å². The van der Waals surface area contributed by atoms with E-state index in [4.69, 9.17) is 5.21 Å². The van der Waals surface area contributed by atoms with Crippen molar-refractivity contribution in [2.24, 2.45) is 23.7 Å². The van der Waals surface area contributed by atoms with E-state index >= 15 is 0 Å². The number of rotatable bonds is 4. The van der Waals surface area contributed by atoms with Crippen LogP contribution in [0.3, 0.4) is 0 Å². The van der Waals surface area contributed by atoms with Crippen molar-refractivity contribution in [1.29, 1.82) is 0 Å². The standard InChI is InChI=1S/C26H27NO3/c28-23-8-6-20(7-9-23)25(19-4-1-16(2-5-19)3-10-24(29)27-30)26-21-12-17-11-18(14-21)15-22(26)13-17/h1-10,17-18,21-22,28,30H,11-15H2,(H,27,29)/b10-3+,26-25?. The molecule has 4 bridgehead atoms. The Balaban J connectivity index is 1.57. The molecule has 3 N–H and O–H groups in total. The van der Waals surface area contributed by atoms with Gasteiger partial charge >= 0.3 is 0 Å². The molecule has 30 heavy (non-hydrogen) atoms. The number of amides is 1. The number of hydroxylamine groups is 1. The molecular formula is C26H27NO3. The first-order chi connectivity index (χ1) is 14.6. The number of benzene rings is 2. The molecule has 4 heteroatoms. The van der Waals surface area contributed by atoms with Crippen molar-refractivity contribution in [2.45, 2.75) is 32.1 Å². The minimum Gasteiger partial charge on any atom is -0.508 e. The maximum absolute atomic E-state index is 11.2. The molecule has 0 aliphatic heterocycles. The number of aromatic hydroxyl groups is 1. The number of phenols is 1. The van der Waals surface area contributed by atoms with E-state index in [1.807, 2.05) is 24.3 Å². The molecule has 154 valence electrons. The van der Waals surface area contributed by atoms with E-state index in [9.17, 15) is 9.90 Å². The third-order valence-corrected chi connectivity index (χ3v) is 7.20. The molecule has 4 fully saturated rings. The lowest BCUT2D eigenvalue weighted by Crippen LogP contribution is -2.40. The van der Waals surface area contributed by atoms with Crippen molar-refractivity contribution in [3.05, 3.63) is 76.9 Å². The third-order valence-electron chi connectivity index (χ3n) is 7.20. The second kappa shape index (κ2) is 7.77. The summed E-state index contributed by atoms with van der Waals surface area (Å²) < 4.78 is 0. The van der Waals surface area contributed by atoms with Crippen LogP contribution in [-0.2, 0) is 4.79 Å². The molecule has 4 saturated carbocycles. The van der Waals surface area contributed by atoms with Gasteiger partial charge in [-0.3, -0.25) is 10.0 Å². The van der Waals surface area contributed by atoms with Crippen molar-refractivity contribution < 1.29 is 15.1 Å². The largest absolute Gasteiger partial charge is 0.508 e. The fourth-order valence-corrected chi connectivity index (χ4v) is 6.20. The molecule has 0 spiro atoms. The summed E-state index contributed by atoms with van der Waals surface area (Å²) in [5.74, 6) is 2.91. The van der Waals surface area contributed by atoms with Crippen LogP contribution in [0.1, 0.15) is 48.8 Å². The summed E-state index contributed by atoms with van der Waals surface area (Å²) >= 11 is 0. The highest BCUT2D eigenvalue weighted by Crippen LogP contribution is 2.58. The minimum atomic E-state index is -0.542. The highest BCUT2D eigenvalue weighted by atomic mass is 16.5. The van der Waals surface area contributed by atoms with Gasteiger partial charge in [0, 0.05) is 6.08 Å². The van der Waals surface area contributed by atoms with Crippen LogP contribution in [0.15, 0.2) is 60.2 Å². The van der Waals surface area contributed by atoms with Gasteiger partial charge < -0.3 is 5.11 Å². The summed E-state index contributed by atoms with van der Waals surface area (Å²) in [6, 6.07) is 15.9. The zero-order valence-electron chi connectivity index (χ0n) is 16.9. The van der Waals surface area contributed by atoms with Crippen molar-refractivity contribution in [1.82, 2.24) is 5.48 Å². The van der Waals surface area contributed by atoms with Crippen LogP contribution in [0.5, 0.6) is 5.75 Å². The maximum atomic E-state index is 11.2. The van der Waals surface area contributed by atoms with Crippen molar-refractivity contribution in [3.63, 3.8) is 0 Å². The smallest absolute Gasteiger partial charge is 0.267 e. The normalized spacial score (nSPS) is 26.9. The fraction of sp³-hybridized carbons (Fsp3) is 0.346. The number of hydrogen-bond acceptors (Lipinski definition) is 3. The molecule has 0 heterocycles. The number of nitrogens with one attached hydrogen (secondary N) is 1. The van der Waals surface area contributed by atoms with E-state index in [2.05, 4.69) is 12.1 Å². The Bertz CT molecular complexity index is 972. The summed E-state index contributed by atoms with van der Waals surface area (Å²) in [5.41, 5.74) is 7.81. The number of allylic oxidation sites excluding steroid dienone is 1. The first kappa shape index (κ1) is 19.1. The van der Waals surface area contributed by atoms with Gasteiger partial charge in [0.1, 0.15) is 5.75 Å². The van der Waals surface area contributed by atoms with Gasteiger partial charge in [0.05, 0.1) is 0 Å². The average molecular weight is 402 g/mol. The molecule has 0 saturated heterocycles. The highest BCUT2D eigenvalue weighted by molar-refractivity contribution is 5.91. The molecule has 0 radical (unpaired) electrons. The molecule has 1 amide bonds. The van der Waals surface area contributed by atoms with Gasteiger partial charge in [-0.25, -0.2) is 5.48 Å². The van der Waals surface area contributed by atoms with Gasteiger partial charge in [0.2, 0.25) is 0 Å². The van der Waals surface area contributed by atoms with Gasteiger partial charge in [0.15, 0.2) is 0 Å². The Morgan fingerprint density at radius 1 is 0.833 bits per heavy atom. The van der Waals surface area contributed by atoms with Crippen LogP contribution in [0, 0.1) is 23.7 Å². The monoisotopic (exact) mass is 401 g/mol. The van der Waals surface area contributed by atoms with E-state index in [0.717, 1.165) is 17.4 Å². The zero-order valence-corrected chi connectivity index (χ0v) is 16.9. The molecule has 0 aromatic heterocycles. The van der Waals surface area contributed by atoms with Crippen LogP contribution in [0.2, 0.25) is 0 Å². The topological polar surface area (TPSA) is 69.6 Å². The van der Waals surface area contributed by atoms with Gasteiger partial charge in [-0.2, -0.15) is 0 Å². The van der Waals surface area contributed by atoms with Gasteiger partial charge in [-0.15, -0.1) is 0 Å². The van der Waals surface area contributed by atoms with E-state index in [-0.39, 0.29) is 5.75 Å².